The molecule has 2 N–H and O–H groups in total. The average molecular weight is 310 g/mol. The van der Waals surface area contributed by atoms with Crippen molar-refractivity contribution in [3.05, 3.63) is 32.8 Å². The summed E-state index contributed by atoms with van der Waals surface area (Å²) >= 11 is 17.3. The molecule has 1 rings (SSSR count). The van der Waals surface area contributed by atoms with E-state index >= 15 is 0 Å². The Bertz CT molecular complexity index is 429. The highest BCUT2D eigenvalue weighted by atomic mass is 35.5. The minimum absolute atomic E-state index is 0.0125. The van der Waals surface area contributed by atoms with E-state index in [-0.39, 0.29) is 16.0 Å². The summed E-state index contributed by atoms with van der Waals surface area (Å²) in [6.45, 7) is 2.04. The molecular weight excluding hydrogens is 294 g/mol. The lowest BCUT2D eigenvalue weighted by molar-refractivity contribution is 0.438. The highest BCUT2D eigenvalue weighted by molar-refractivity contribution is 6.56. The quantitative estimate of drug-likeness (QED) is 0.787. The topological polar surface area (TPSA) is 40.5 Å². The predicted molar refractivity (Wildman–Crippen MR) is 76.7 cm³/mol. The van der Waals surface area contributed by atoms with E-state index in [0.29, 0.717) is 23.4 Å². The fraction of sp³-hybridized carbons (Fsp3) is 0.385. The molecule has 0 radical (unpaired) electrons. The lowest BCUT2D eigenvalue weighted by atomic mass is 10.0. The maximum Gasteiger partial charge on any atom is 0.123 e. The third-order valence-electron chi connectivity index (χ3n) is 2.66. The van der Waals surface area contributed by atoms with E-state index < -0.39 is 0 Å². The van der Waals surface area contributed by atoms with Crippen molar-refractivity contribution in [2.75, 3.05) is 0 Å². The zero-order valence-electron chi connectivity index (χ0n) is 10.0. The van der Waals surface area contributed by atoms with Gasteiger partial charge in [-0.05, 0) is 37.0 Å². The number of rotatable bonds is 5. The van der Waals surface area contributed by atoms with Gasteiger partial charge < -0.3 is 10.2 Å². The van der Waals surface area contributed by atoms with Crippen LogP contribution in [0.5, 0.6) is 11.5 Å². The maximum absolute atomic E-state index is 9.73. The van der Waals surface area contributed by atoms with Gasteiger partial charge in [-0.15, -0.1) is 0 Å². The van der Waals surface area contributed by atoms with Crippen LogP contribution in [0.25, 0.3) is 0 Å². The molecule has 0 unspecified atom stereocenters. The van der Waals surface area contributed by atoms with Gasteiger partial charge in [0.2, 0.25) is 0 Å². The molecule has 0 heterocycles. The molecule has 18 heavy (non-hydrogen) atoms. The van der Waals surface area contributed by atoms with Gasteiger partial charge in [-0.25, -0.2) is 0 Å². The number of allylic oxidation sites excluding steroid dienone is 1. The Morgan fingerprint density at radius 1 is 1.11 bits per heavy atom. The lowest BCUT2D eigenvalue weighted by Gasteiger charge is -2.10. The van der Waals surface area contributed by atoms with Gasteiger partial charge in [-0.1, -0.05) is 48.1 Å². The molecule has 0 saturated heterocycles. The van der Waals surface area contributed by atoms with Crippen molar-refractivity contribution in [1.82, 2.24) is 0 Å². The monoisotopic (exact) mass is 308 g/mol. The van der Waals surface area contributed by atoms with Crippen LogP contribution in [0.1, 0.15) is 31.7 Å². The zero-order valence-corrected chi connectivity index (χ0v) is 12.3. The van der Waals surface area contributed by atoms with Crippen LogP contribution in [0.2, 0.25) is 5.02 Å². The van der Waals surface area contributed by atoms with Crippen LogP contribution in [0.3, 0.4) is 0 Å². The summed E-state index contributed by atoms with van der Waals surface area (Å²) in [4.78, 5) is 0. The molecule has 1 aromatic rings. The second-order valence-electron chi connectivity index (χ2n) is 4.04. The highest BCUT2D eigenvalue weighted by Gasteiger charge is 2.11. The molecule has 2 nitrogen and oxygen atoms in total. The minimum Gasteiger partial charge on any atom is -0.507 e. The van der Waals surface area contributed by atoms with Crippen LogP contribution < -0.4 is 0 Å². The number of halogens is 3. The molecule has 0 aliphatic rings. The van der Waals surface area contributed by atoms with Crippen molar-refractivity contribution >= 4 is 34.8 Å². The Kier molecular flexibility index (Phi) is 6.13. The SMILES string of the molecule is CCCC(CCc1c(O)cc(Cl)cc1O)=C(Cl)Cl. The molecule has 0 amide bonds. The van der Waals surface area contributed by atoms with Crippen LogP contribution in [0.15, 0.2) is 22.2 Å². The van der Waals surface area contributed by atoms with Gasteiger partial charge in [0.15, 0.2) is 0 Å². The standard InChI is InChI=1S/C13H15Cl3O2/c1-2-3-8(13(15)16)4-5-10-11(17)6-9(14)7-12(10)18/h6-7,17-18H,2-5H2,1H3. The first-order valence-electron chi connectivity index (χ1n) is 5.69. The molecule has 100 valence electrons. The van der Waals surface area contributed by atoms with Crippen LogP contribution in [-0.4, -0.2) is 10.2 Å². The minimum atomic E-state index is -0.0125. The van der Waals surface area contributed by atoms with Crippen molar-refractivity contribution in [2.24, 2.45) is 0 Å². The van der Waals surface area contributed by atoms with Gasteiger partial charge in [0.25, 0.3) is 0 Å². The van der Waals surface area contributed by atoms with Crippen molar-refractivity contribution < 1.29 is 10.2 Å². The summed E-state index contributed by atoms with van der Waals surface area (Å²) in [5.74, 6) is -0.0249. The van der Waals surface area contributed by atoms with Crippen LogP contribution >= 0.6 is 34.8 Å². The van der Waals surface area contributed by atoms with Gasteiger partial charge in [-0.2, -0.15) is 0 Å². The number of hydrogen-bond donors (Lipinski definition) is 2. The van der Waals surface area contributed by atoms with Gasteiger partial charge in [0.05, 0.1) is 0 Å². The summed E-state index contributed by atoms with van der Waals surface area (Å²) in [6.07, 6.45) is 2.81. The molecule has 0 aliphatic carbocycles. The van der Waals surface area contributed by atoms with Gasteiger partial charge in [0.1, 0.15) is 16.0 Å². The van der Waals surface area contributed by atoms with E-state index in [4.69, 9.17) is 34.8 Å². The fourth-order valence-corrected chi connectivity index (χ4v) is 2.34. The fourth-order valence-electron chi connectivity index (χ4n) is 1.76. The Balaban J connectivity index is 2.83. The molecule has 0 spiro atoms. The Morgan fingerprint density at radius 2 is 1.67 bits per heavy atom. The van der Waals surface area contributed by atoms with Gasteiger partial charge >= 0.3 is 0 Å². The number of phenolic OH excluding ortho intramolecular Hbond substituents is 2. The third-order valence-corrected chi connectivity index (χ3v) is 3.42. The van der Waals surface area contributed by atoms with E-state index in [1.54, 1.807) is 0 Å². The van der Waals surface area contributed by atoms with Gasteiger partial charge in [0, 0.05) is 10.6 Å². The molecule has 1 aromatic carbocycles. The predicted octanol–water partition coefficient (Wildman–Crippen LogP) is 5.17. The molecule has 0 aliphatic heterocycles. The molecule has 5 heteroatoms. The summed E-state index contributed by atoms with van der Waals surface area (Å²) < 4.78 is 0.268. The summed E-state index contributed by atoms with van der Waals surface area (Å²) in [6, 6.07) is 2.81. The third kappa shape index (κ3) is 4.27. The Labute approximate surface area is 122 Å². The Hall–Kier alpha value is -0.570. The number of hydrogen-bond acceptors (Lipinski definition) is 2. The number of phenols is 2. The van der Waals surface area contributed by atoms with Crippen LogP contribution in [0, 0.1) is 0 Å². The highest BCUT2D eigenvalue weighted by Crippen LogP contribution is 2.34. The first-order valence-corrected chi connectivity index (χ1v) is 6.82. The smallest absolute Gasteiger partial charge is 0.123 e. The van der Waals surface area contributed by atoms with Crippen molar-refractivity contribution in [3.63, 3.8) is 0 Å². The van der Waals surface area contributed by atoms with Crippen molar-refractivity contribution in [1.29, 1.82) is 0 Å². The normalized spacial score (nSPS) is 10.4. The van der Waals surface area contributed by atoms with Crippen LogP contribution in [-0.2, 0) is 6.42 Å². The molecule has 0 saturated carbocycles. The number of aromatic hydroxyl groups is 2. The zero-order chi connectivity index (χ0) is 13.7. The Morgan fingerprint density at radius 3 is 2.11 bits per heavy atom. The summed E-state index contributed by atoms with van der Waals surface area (Å²) in [5.41, 5.74) is 1.39. The summed E-state index contributed by atoms with van der Waals surface area (Å²) in [5, 5.41) is 19.8. The van der Waals surface area contributed by atoms with E-state index in [1.807, 2.05) is 6.92 Å². The molecule has 0 atom stereocenters. The molecular formula is C13H15Cl3O2. The van der Waals surface area contributed by atoms with Gasteiger partial charge in [-0.3, -0.25) is 0 Å². The van der Waals surface area contributed by atoms with Crippen LogP contribution in [0.4, 0.5) is 0 Å². The van der Waals surface area contributed by atoms with Crippen molar-refractivity contribution in [3.8, 4) is 11.5 Å². The maximum atomic E-state index is 9.73. The largest absolute Gasteiger partial charge is 0.507 e. The number of benzene rings is 1. The van der Waals surface area contributed by atoms with E-state index in [0.717, 1.165) is 18.4 Å². The first-order chi connectivity index (χ1) is 8.45. The van der Waals surface area contributed by atoms with E-state index in [9.17, 15) is 10.2 Å². The molecule has 0 aromatic heterocycles. The summed E-state index contributed by atoms with van der Waals surface area (Å²) in [7, 11) is 0. The molecule has 0 fully saturated rings. The van der Waals surface area contributed by atoms with E-state index in [1.165, 1.54) is 12.1 Å². The lowest BCUT2D eigenvalue weighted by Crippen LogP contribution is -1.92. The van der Waals surface area contributed by atoms with Crippen molar-refractivity contribution in [2.45, 2.75) is 32.6 Å². The second-order valence-corrected chi connectivity index (χ2v) is 5.42. The average Bonchev–Trinajstić information content (AvgIpc) is 2.25. The van der Waals surface area contributed by atoms with E-state index in [2.05, 4.69) is 0 Å². The molecule has 0 bridgehead atoms. The second kappa shape index (κ2) is 7.13. The first kappa shape index (κ1) is 15.5.